The van der Waals surface area contributed by atoms with Crippen molar-refractivity contribution in [2.75, 3.05) is 13.2 Å². The number of ether oxygens (including phenoxy) is 2. The summed E-state index contributed by atoms with van der Waals surface area (Å²) in [4.78, 5) is 11.4. The highest BCUT2D eigenvalue weighted by Crippen LogP contribution is 2.36. The predicted molar refractivity (Wildman–Crippen MR) is 91.3 cm³/mol. The molecule has 1 aromatic carbocycles. The van der Waals surface area contributed by atoms with Gasteiger partial charge in [-0.1, -0.05) is 47.5 Å². The first kappa shape index (κ1) is 18.5. The van der Waals surface area contributed by atoms with Crippen LogP contribution in [0.4, 0.5) is 0 Å². The van der Waals surface area contributed by atoms with Crippen molar-refractivity contribution in [2.24, 2.45) is 0 Å². The molecule has 0 heterocycles. The number of hydrogen-bond donors (Lipinski definition) is 0. The number of carbonyl (C=O) groups is 1. The molecule has 0 radical (unpaired) electrons. The molecule has 3 nitrogen and oxygen atoms in total. The molecule has 0 spiro atoms. The minimum atomic E-state index is -0.0821. The van der Waals surface area contributed by atoms with E-state index in [1.807, 2.05) is 12.1 Å². The van der Waals surface area contributed by atoms with Gasteiger partial charge in [-0.15, -0.1) is 0 Å². The topological polar surface area (TPSA) is 35.5 Å². The Kier molecular flexibility index (Phi) is 7.43. The van der Waals surface area contributed by atoms with E-state index in [2.05, 4.69) is 34.6 Å². The second-order valence-electron chi connectivity index (χ2n) is 6.66. The van der Waals surface area contributed by atoms with E-state index in [0.717, 1.165) is 43.3 Å². The number of carbonyl (C=O) groups excluding carboxylic acids is 1. The maximum Gasteiger partial charge on any atom is 0.153 e. The molecule has 0 unspecified atom stereocenters. The molecule has 1 aromatic rings. The zero-order valence-corrected chi connectivity index (χ0v) is 14.7. The van der Waals surface area contributed by atoms with Crippen molar-refractivity contribution in [3.05, 3.63) is 23.3 Å². The lowest BCUT2D eigenvalue weighted by molar-refractivity contribution is 0.111. The molecule has 0 aromatic heterocycles. The third-order valence-electron chi connectivity index (χ3n) is 3.56. The largest absolute Gasteiger partial charge is 0.493 e. The SMILES string of the molecule is CCCCOc1cc(OCCCC)c(C(C)(C)C)cc1C=O. The Morgan fingerprint density at radius 2 is 1.50 bits per heavy atom. The van der Waals surface area contributed by atoms with Gasteiger partial charge in [-0.25, -0.2) is 0 Å². The van der Waals surface area contributed by atoms with Crippen molar-refractivity contribution in [3.63, 3.8) is 0 Å². The van der Waals surface area contributed by atoms with E-state index >= 15 is 0 Å². The van der Waals surface area contributed by atoms with Crippen molar-refractivity contribution < 1.29 is 14.3 Å². The van der Waals surface area contributed by atoms with Gasteiger partial charge in [-0.05, 0) is 24.3 Å². The van der Waals surface area contributed by atoms with Crippen LogP contribution in [0.3, 0.4) is 0 Å². The van der Waals surface area contributed by atoms with E-state index < -0.39 is 0 Å². The van der Waals surface area contributed by atoms with E-state index in [4.69, 9.17) is 9.47 Å². The average molecular weight is 306 g/mol. The van der Waals surface area contributed by atoms with Crippen molar-refractivity contribution in [2.45, 2.75) is 65.7 Å². The van der Waals surface area contributed by atoms with Crippen LogP contribution in [0, 0.1) is 0 Å². The first-order valence-electron chi connectivity index (χ1n) is 8.33. The number of hydrogen-bond acceptors (Lipinski definition) is 3. The lowest BCUT2D eigenvalue weighted by Crippen LogP contribution is -2.15. The Morgan fingerprint density at radius 1 is 0.955 bits per heavy atom. The zero-order valence-electron chi connectivity index (χ0n) is 14.7. The molecule has 0 aliphatic carbocycles. The van der Waals surface area contributed by atoms with Crippen LogP contribution in [0.25, 0.3) is 0 Å². The number of rotatable bonds is 9. The minimum Gasteiger partial charge on any atom is -0.493 e. The smallest absolute Gasteiger partial charge is 0.153 e. The van der Waals surface area contributed by atoms with Gasteiger partial charge in [0.2, 0.25) is 0 Å². The Hall–Kier alpha value is -1.51. The van der Waals surface area contributed by atoms with Gasteiger partial charge in [0.05, 0.1) is 18.8 Å². The third-order valence-corrected chi connectivity index (χ3v) is 3.56. The standard InChI is InChI=1S/C19H30O3/c1-6-8-10-21-17-13-18(22-11-9-7-2)16(19(3,4)5)12-15(17)14-20/h12-14H,6-11H2,1-5H3. The second kappa shape index (κ2) is 8.82. The molecule has 0 fully saturated rings. The lowest BCUT2D eigenvalue weighted by atomic mass is 9.85. The molecular formula is C19H30O3. The van der Waals surface area contributed by atoms with Crippen LogP contribution in [-0.2, 0) is 5.41 Å². The highest BCUT2D eigenvalue weighted by Gasteiger charge is 2.22. The summed E-state index contributed by atoms with van der Waals surface area (Å²) in [6.07, 6.45) is 5.02. The Balaban J connectivity index is 3.12. The van der Waals surface area contributed by atoms with E-state index in [1.54, 1.807) is 0 Å². The molecule has 0 saturated heterocycles. The normalized spacial score (nSPS) is 11.3. The van der Waals surface area contributed by atoms with Gasteiger partial charge in [-0.3, -0.25) is 4.79 Å². The summed E-state index contributed by atoms with van der Waals surface area (Å²) >= 11 is 0. The monoisotopic (exact) mass is 306 g/mol. The van der Waals surface area contributed by atoms with Gasteiger partial charge < -0.3 is 9.47 Å². The summed E-state index contributed by atoms with van der Waals surface area (Å²) in [6.45, 7) is 12.0. The average Bonchev–Trinajstić information content (AvgIpc) is 2.46. The highest BCUT2D eigenvalue weighted by atomic mass is 16.5. The molecule has 22 heavy (non-hydrogen) atoms. The van der Waals surface area contributed by atoms with Crippen LogP contribution < -0.4 is 9.47 Å². The van der Waals surface area contributed by atoms with Gasteiger partial charge >= 0.3 is 0 Å². The quantitative estimate of drug-likeness (QED) is 0.467. The van der Waals surface area contributed by atoms with E-state index in [1.165, 1.54) is 0 Å². The van der Waals surface area contributed by atoms with Gasteiger partial charge in [-0.2, -0.15) is 0 Å². The van der Waals surface area contributed by atoms with Crippen LogP contribution >= 0.6 is 0 Å². The fourth-order valence-electron chi connectivity index (χ4n) is 2.15. The Bertz CT molecular complexity index is 472. The van der Waals surface area contributed by atoms with Crippen molar-refractivity contribution in [3.8, 4) is 11.5 Å². The van der Waals surface area contributed by atoms with Crippen molar-refractivity contribution >= 4 is 6.29 Å². The van der Waals surface area contributed by atoms with E-state index in [0.29, 0.717) is 24.5 Å². The predicted octanol–water partition coefficient (Wildman–Crippen LogP) is 5.15. The molecule has 1 rings (SSSR count). The molecule has 0 aliphatic heterocycles. The Morgan fingerprint density at radius 3 is 1.95 bits per heavy atom. The maximum absolute atomic E-state index is 11.4. The van der Waals surface area contributed by atoms with Crippen LogP contribution in [0.5, 0.6) is 11.5 Å². The van der Waals surface area contributed by atoms with Gasteiger partial charge in [0.1, 0.15) is 11.5 Å². The summed E-state index contributed by atoms with van der Waals surface area (Å²) in [7, 11) is 0. The first-order chi connectivity index (χ1) is 10.4. The number of aldehydes is 1. The van der Waals surface area contributed by atoms with E-state index in [-0.39, 0.29) is 5.41 Å². The zero-order chi connectivity index (χ0) is 16.6. The molecule has 0 atom stereocenters. The summed E-state index contributed by atoms with van der Waals surface area (Å²) in [5.41, 5.74) is 1.57. The molecule has 124 valence electrons. The number of benzene rings is 1. The molecule has 3 heteroatoms. The van der Waals surface area contributed by atoms with Crippen LogP contribution in [0.2, 0.25) is 0 Å². The fraction of sp³-hybridized carbons (Fsp3) is 0.632. The lowest BCUT2D eigenvalue weighted by Gasteiger charge is -2.24. The molecule has 0 saturated carbocycles. The van der Waals surface area contributed by atoms with Gasteiger partial charge in [0.25, 0.3) is 0 Å². The van der Waals surface area contributed by atoms with Crippen LogP contribution in [0.15, 0.2) is 12.1 Å². The molecule has 0 N–H and O–H groups in total. The van der Waals surface area contributed by atoms with Crippen molar-refractivity contribution in [1.29, 1.82) is 0 Å². The molecule has 0 aliphatic rings. The molecule has 0 bridgehead atoms. The second-order valence-corrected chi connectivity index (χ2v) is 6.66. The highest BCUT2D eigenvalue weighted by molar-refractivity contribution is 5.80. The third kappa shape index (κ3) is 5.36. The summed E-state index contributed by atoms with van der Waals surface area (Å²) in [5.74, 6) is 1.46. The maximum atomic E-state index is 11.4. The summed E-state index contributed by atoms with van der Waals surface area (Å²) < 4.78 is 11.7. The van der Waals surface area contributed by atoms with Gasteiger partial charge in [0.15, 0.2) is 6.29 Å². The minimum absolute atomic E-state index is 0.0821. The summed E-state index contributed by atoms with van der Waals surface area (Å²) in [5, 5.41) is 0. The van der Waals surface area contributed by atoms with E-state index in [9.17, 15) is 4.79 Å². The Labute approximate surface area is 135 Å². The van der Waals surface area contributed by atoms with Crippen molar-refractivity contribution in [1.82, 2.24) is 0 Å². The van der Waals surface area contributed by atoms with Crippen LogP contribution in [-0.4, -0.2) is 19.5 Å². The molecular weight excluding hydrogens is 276 g/mol. The molecule has 0 amide bonds. The van der Waals surface area contributed by atoms with Crippen LogP contribution in [0.1, 0.15) is 76.2 Å². The number of unbranched alkanes of at least 4 members (excludes halogenated alkanes) is 2. The van der Waals surface area contributed by atoms with Gasteiger partial charge in [0, 0.05) is 11.6 Å². The fourth-order valence-corrected chi connectivity index (χ4v) is 2.15. The summed E-state index contributed by atoms with van der Waals surface area (Å²) in [6, 6.07) is 3.80. The first-order valence-corrected chi connectivity index (χ1v) is 8.33.